The van der Waals surface area contributed by atoms with Crippen molar-refractivity contribution in [2.75, 3.05) is 26.2 Å². The Morgan fingerprint density at radius 3 is 2.87 bits per heavy atom. The lowest BCUT2D eigenvalue weighted by atomic mass is 10.2. The number of likely N-dealkylation sites (N-methyl/N-ethyl adjacent to an activating group) is 1. The fourth-order valence-corrected chi connectivity index (χ4v) is 1.38. The summed E-state index contributed by atoms with van der Waals surface area (Å²) in [7, 11) is 0. The van der Waals surface area contributed by atoms with Crippen LogP contribution >= 0.6 is 0 Å². The first kappa shape index (κ1) is 12.1. The van der Waals surface area contributed by atoms with Crippen molar-refractivity contribution in [2.45, 2.75) is 20.3 Å². The molecule has 0 fully saturated rings. The third-order valence-corrected chi connectivity index (χ3v) is 2.28. The van der Waals surface area contributed by atoms with Crippen molar-refractivity contribution in [1.29, 1.82) is 0 Å². The summed E-state index contributed by atoms with van der Waals surface area (Å²) >= 11 is 0. The summed E-state index contributed by atoms with van der Waals surface area (Å²) in [5, 5.41) is 6.67. The van der Waals surface area contributed by atoms with Crippen LogP contribution in [0, 0.1) is 0 Å². The Hall–Kier alpha value is -0.930. The second-order valence-electron chi connectivity index (χ2n) is 3.65. The van der Waals surface area contributed by atoms with Crippen molar-refractivity contribution in [1.82, 2.24) is 10.6 Å². The molecule has 1 heterocycles. The maximum absolute atomic E-state index is 4.33. The molecule has 0 aromatic rings. The summed E-state index contributed by atoms with van der Waals surface area (Å²) in [6.45, 7) is 8.13. The molecule has 0 aliphatic carbocycles. The standard InChI is InChI=1S/C12H21N3/c1-3-13-7-8-14-9-12-6-4-5-11(2)15-10-12/h5-6,10,13-14H,3-4,7-9H2,1-2H3. The van der Waals surface area contributed by atoms with E-state index in [1.165, 1.54) is 5.57 Å². The molecule has 0 atom stereocenters. The van der Waals surface area contributed by atoms with Gasteiger partial charge in [0, 0.05) is 31.5 Å². The summed E-state index contributed by atoms with van der Waals surface area (Å²) in [4.78, 5) is 4.33. The lowest BCUT2D eigenvalue weighted by Crippen LogP contribution is -2.28. The van der Waals surface area contributed by atoms with Gasteiger partial charge in [-0.15, -0.1) is 0 Å². The van der Waals surface area contributed by atoms with Gasteiger partial charge in [-0.1, -0.05) is 19.1 Å². The predicted molar refractivity (Wildman–Crippen MR) is 66.4 cm³/mol. The van der Waals surface area contributed by atoms with E-state index in [2.05, 4.69) is 34.7 Å². The lowest BCUT2D eigenvalue weighted by Gasteiger charge is -2.05. The second kappa shape index (κ2) is 7.37. The summed E-state index contributed by atoms with van der Waals surface area (Å²) in [5.41, 5.74) is 2.38. The van der Waals surface area contributed by atoms with Crippen molar-refractivity contribution in [3.63, 3.8) is 0 Å². The highest BCUT2D eigenvalue weighted by atomic mass is 14.9. The SMILES string of the molecule is CCNCCNCC1=CCC=C(C)N=C1. The smallest absolute Gasteiger partial charge is 0.0336 e. The molecule has 1 rings (SSSR count). The van der Waals surface area contributed by atoms with Gasteiger partial charge in [0.05, 0.1) is 0 Å². The van der Waals surface area contributed by atoms with Crippen LogP contribution < -0.4 is 10.6 Å². The zero-order valence-electron chi connectivity index (χ0n) is 9.71. The molecule has 0 saturated heterocycles. The Kier molecular flexibility index (Phi) is 5.97. The highest BCUT2D eigenvalue weighted by Gasteiger charge is 1.96. The summed E-state index contributed by atoms with van der Waals surface area (Å²) in [6, 6.07) is 0. The van der Waals surface area contributed by atoms with E-state index in [4.69, 9.17) is 0 Å². The minimum Gasteiger partial charge on any atom is -0.316 e. The van der Waals surface area contributed by atoms with E-state index in [1.807, 2.05) is 13.1 Å². The molecule has 0 aromatic heterocycles. The maximum atomic E-state index is 4.33. The molecule has 0 radical (unpaired) electrons. The highest BCUT2D eigenvalue weighted by molar-refractivity contribution is 5.80. The number of rotatable bonds is 6. The number of allylic oxidation sites excluding steroid dienone is 3. The zero-order valence-corrected chi connectivity index (χ0v) is 9.71. The number of hydrogen-bond donors (Lipinski definition) is 2. The molecule has 84 valence electrons. The van der Waals surface area contributed by atoms with E-state index in [-0.39, 0.29) is 0 Å². The maximum Gasteiger partial charge on any atom is 0.0336 e. The molecular formula is C12H21N3. The van der Waals surface area contributed by atoms with E-state index in [0.717, 1.165) is 38.3 Å². The molecule has 2 N–H and O–H groups in total. The van der Waals surface area contributed by atoms with Gasteiger partial charge in [-0.05, 0) is 25.5 Å². The monoisotopic (exact) mass is 207 g/mol. The van der Waals surface area contributed by atoms with Crippen LogP contribution in [0.2, 0.25) is 0 Å². The largest absolute Gasteiger partial charge is 0.316 e. The van der Waals surface area contributed by atoms with E-state index in [0.29, 0.717) is 0 Å². The van der Waals surface area contributed by atoms with Crippen LogP contribution in [-0.2, 0) is 0 Å². The van der Waals surface area contributed by atoms with Crippen LogP contribution in [0.4, 0.5) is 0 Å². The van der Waals surface area contributed by atoms with Crippen LogP contribution in [0.5, 0.6) is 0 Å². The summed E-state index contributed by atoms with van der Waals surface area (Å²) in [5.74, 6) is 0. The quantitative estimate of drug-likeness (QED) is 0.647. The van der Waals surface area contributed by atoms with Gasteiger partial charge in [0.15, 0.2) is 0 Å². The van der Waals surface area contributed by atoms with Crippen molar-refractivity contribution in [2.24, 2.45) is 4.99 Å². The Labute approximate surface area is 92.4 Å². The Balaban J connectivity index is 2.17. The minimum atomic E-state index is 0.913. The first-order chi connectivity index (χ1) is 7.33. The fourth-order valence-electron chi connectivity index (χ4n) is 1.38. The van der Waals surface area contributed by atoms with Gasteiger partial charge in [0.2, 0.25) is 0 Å². The molecule has 0 saturated carbocycles. The van der Waals surface area contributed by atoms with Gasteiger partial charge >= 0.3 is 0 Å². The van der Waals surface area contributed by atoms with Crippen LogP contribution in [0.1, 0.15) is 20.3 Å². The van der Waals surface area contributed by atoms with Crippen LogP contribution in [0.15, 0.2) is 28.4 Å². The molecule has 0 unspecified atom stereocenters. The van der Waals surface area contributed by atoms with E-state index in [1.54, 1.807) is 0 Å². The van der Waals surface area contributed by atoms with Gasteiger partial charge in [-0.25, -0.2) is 0 Å². The number of aliphatic imine (C=N–C) groups is 1. The van der Waals surface area contributed by atoms with Crippen molar-refractivity contribution in [3.8, 4) is 0 Å². The molecule has 0 amide bonds. The van der Waals surface area contributed by atoms with E-state index >= 15 is 0 Å². The van der Waals surface area contributed by atoms with Crippen LogP contribution in [0.25, 0.3) is 0 Å². The van der Waals surface area contributed by atoms with Crippen molar-refractivity contribution in [3.05, 3.63) is 23.4 Å². The molecule has 1 aliphatic rings. The number of nitrogens with one attached hydrogen (secondary N) is 2. The number of hydrogen-bond acceptors (Lipinski definition) is 3. The Bertz CT molecular complexity index is 264. The summed E-state index contributed by atoms with van der Waals surface area (Å²) in [6.07, 6.45) is 7.32. The third kappa shape index (κ3) is 5.50. The lowest BCUT2D eigenvalue weighted by molar-refractivity contribution is 0.650. The third-order valence-electron chi connectivity index (χ3n) is 2.28. The molecule has 3 nitrogen and oxygen atoms in total. The summed E-state index contributed by atoms with van der Waals surface area (Å²) < 4.78 is 0. The Morgan fingerprint density at radius 1 is 1.27 bits per heavy atom. The molecule has 0 spiro atoms. The van der Waals surface area contributed by atoms with Gasteiger partial charge < -0.3 is 10.6 Å². The van der Waals surface area contributed by atoms with Gasteiger partial charge in [0.1, 0.15) is 0 Å². The normalized spacial score (nSPS) is 15.9. The molecule has 1 aliphatic heterocycles. The first-order valence-electron chi connectivity index (χ1n) is 5.64. The second-order valence-corrected chi connectivity index (χ2v) is 3.65. The van der Waals surface area contributed by atoms with E-state index in [9.17, 15) is 0 Å². The van der Waals surface area contributed by atoms with E-state index < -0.39 is 0 Å². The zero-order chi connectivity index (χ0) is 10.9. The Morgan fingerprint density at radius 2 is 2.07 bits per heavy atom. The molecule has 15 heavy (non-hydrogen) atoms. The van der Waals surface area contributed by atoms with Crippen molar-refractivity contribution < 1.29 is 0 Å². The average Bonchev–Trinajstić information content (AvgIpc) is 2.43. The van der Waals surface area contributed by atoms with Crippen molar-refractivity contribution >= 4 is 6.21 Å². The predicted octanol–water partition coefficient (Wildman–Crippen LogP) is 1.49. The van der Waals surface area contributed by atoms with Gasteiger partial charge in [-0.3, -0.25) is 4.99 Å². The highest BCUT2D eigenvalue weighted by Crippen LogP contribution is 2.05. The van der Waals surface area contributed by atoms with Crippen LogP contribution in [-0.4, -0.2) is 32.4 Å². The average molecular weight is 207 g/mol. The molecule has 3 heteroatoms. The van der Waals surface area contributed by atoms with Crippen LogP contribution in [0.3, 0.4) is 0 Å². The fraction of sp³-hybridized carbons (Fsp3) is 0.583. The molecule has 0 aromatic carbocycles. The van der Waals surface area contributed by atoms with Gasteiger partial charge in [-0.2, -0.15) is 0 Å². The topological polar surface area (TPSA) is 36.4 Å². The minimum absolute atomic E-state index is 0.913. The first-order valence-corrected chi connectivity index (χ1v) is 5.64. The molecule has 0 bridgehead atoms. The molecular weight excluding hydrogens is 186 g/mol. The van der Waals surface area contributed by atoms with Gasteiger partial charge in [0.25, 0.3) is 0 Å². The number of nitrogens with zero attached hydrogens (tertiary/aromatic N) is 1.